The molecule has 1 aliphatic carbocycles. The van der Waals surface area contributed by atoms with Gasteiger partial charge < -0.3 is 15.3 Å². The van der Waals surface area contributed by atoms with Crippen molar-refractivity contribution in [1.29, 1.82) is 0 Å². The van der Waals surface area contributed by atoms with E-state index in [4.69, 9.17) is 0 Å². The molecule has 0 bridgehead atoms. The third-order valence-electron chi connectivity index (χ3n) is 4.11. The van der Waals surface area contributed by atoms with Gasteiger partial charge in [-0.1, -0.05) is 45.2 Å². The highest BCUT2D eigenvalue weighted by atomic mass is 32.2. The van der Waals surface area contributed by atoms with Crippen molar-refractivity contribution in [3.63, 3.8) is 0 Å². The molecular formula is C18H28N2O2S. The number of carbonyl (C=O) groups excluding carboxylic acids is 1. The number of aliphatic hydroxyl groups is 1. The van der Waals surface area contributed by atoms with E-state index in [9.17, 15) is 9.90 Å². The van der Waals surface area contributed by atoms with Crippen molar-refractivity contribution in [2.75, 3.05) is 18.5 Å². The quantitative estimate of drug-likeness (QED) is 0.760. The smallest absolute Gasteiger partial charge is 0.322 e. The molecule has 4 nitrogen and oxygen atoms in total. The van der Waals surface area contributed by atoms with Crippen LogP contribution in [0, 0.1) is 0 Å². The second-order valence-electron chi connectivity index (χ2n) is 6.30. The molecule has 1 aromatic carbocycles. The van der Waals surface area contributed by atoms with Crippen LogP contribution in [0.1, 0.15) is 46.0 Å². The summed E-state index contributed by atoms with van der Waals surface area (Å²) in [6.45, 7) is 4.69. The van der Waals surface area contributed by atoms with Gasteiger partial charge in [0.15, 0.2) is 0 Å². The fraction of sp³-hybridized carbons (Fsp3) is 0.611. The van der Waals surface area contributed by atoms with Crippen LogP contribution < -0.4 is 5.32 Å². The summed E-state index contributed by atoms with van der Waals surface area (Å²) >= 11 is 1.75. The summed E-state index contributed by atoms with van der Waals surface area (Å²) in [6, 6.07) is 8.07. The number of aliphatic hydroxyl groups excluding tert-OH is 1. The SMILES string of the molecule is CC(C)Sc1ccccc1NC(=O)N(CCO)C1CCCCC1. The van der Waals surface area contributed by atoms with E-state index >= 15 is 0 Å². The van der Waals surface area contributed by atoms with Crippen LogP contribution in [0.15, 0.2) is 29.2 Å². The first-order valence-corrected chi connectivity index (χ1v) is 9.44. The van der Waals surface area contributed by atoms with Crippen LogP contribution in [0.2, 0.25) is 0 Å². The Labute approximate surface area is 143 Å². The molecule has 1 aliphatic rings. The van der Waals surface area contributed by atoms with Crippen LogP contribution >= 0.6 is 11.8 Å². The minimum absolute atomic E-state index is 0.00626. The van der Waals surface area contributed by atoms with Crippen molar-refractivity contribution >= 4 is 23.5 Å². The van der Waals surface area contributed by atoms with Crippen molar-refractivity contribution in [1.82, 2.24) is 4.90 Å². The van der Waals surface area contributed by atoms with Crippen LogP contribution in [0.5, 0.6) is 0 Å². The van der Waals surface area contributed by atoms with Crippen LogP contribution in [-0.4, -0.2) is 40.5 Å². The topological polar surface area (TPSA) is 52.6 Å². The van der Waals surface area contributed by atoms with Crippen molar-refractivity contribution in [3.8, 4) is 0 Å². The molecule has 0 unspecified atom stereocenters. The third-order valence-corrected chi connectivity index (χ3v) is 5.19. The van der Waals surface area contributed by atoms with Gasteiger partial charge in [0.1, 0.15) is 0 Å². The first-order chi connectivity index (χ1) is 11.1. The number of anilines is 1. The summed E-state index contributed by atoms with van der Waals surface area (Å²) < 4.78 is 0. The predicted molar refractivity (Wildman–Crippen MR) is 97.1 cm³/mol. The minimum Gasteiger partial charge on any atom is -0.395 e. The maximum atomic E-state index is 12.7. The zero-order chi connectivity index (χ0) is 16.7. The lowest BCUT2D eigenvalue weighted by molar-refractivity contribution is 0.144. The molecule has 0 atom stereocenters. The summed E-state index contributed by atoms with van der Waals surface area (Å²) in [5, 5.41) is 12.8. The maximum absolute atomic E-state index is 12.7. The Kier molecular flexibility index (Phi) is 7.24. The summed E-state index contributed by atoms with van der Waals surface area (Å²) in [7, 11) is 0. The number of benzene rings is 1. The lowest BCUT2D eigenvalue weighted by atomic mass is 9.94. The number of hydrogen-bond acceptors (Lipinski definition) is 3. The van der Waals surface area contributed by atoms with Crippen LogP contribution in [0.25, 0.3) is 0 Å². The Morgan fingerprint density at radius 3 is 2.65 bits per heavy atom. The van der Waals surface area contributed by atoms with Gasteiger partial charge in [-0.2, -0.15) is 0 Å². The summed E-state index contributed by atoms with van der Waals surface area (Å²) in [4.78, 5) is 15.6. The van der Waals surface area contributed by atoms with Gasteiger partial charge in [-0.3, -0.25) is 0 Å². The average molecular weight is 337 g/mol. The first kappa shape index (κ1) is 18.1. The molecule has 0 spiro atoms. The maximum Gasteiger partial charge on any atom is 0.322 e. The van der Waals surface area contributed by atoms with Gasteiger partial charge in [0.2, 0.25) is 0 Å². The Morgan fingerprint density at radius 2 is 2.00 bits per heavy atom. The Morgan fingerprint density at radius 1 is 1.30 bits per heavy atom. The van der Waals surface area contributed by atoms with Crippen LogP contribution in [0.3, 0.4) is 0 Å². The van der Waals surface area contributed by atoms with E-state index in [0.29, 0.717) is 11.8 Å². The lowest BCUT2D eigenvalue weighted by Gasteiger charge is -2.34. The summed E-state index contributed by atoms with van der Waals surface area (Å²) in [5.74, 6) is 0. The van der Waals surface area contributed by atoms with Gasteiger partial charge in [-0.05, 0) is 25.0 Å². The van der Waals surface area contributed by atoms with Gasteiger partial charge in [-0.25, -0.2) is 4.79 Å². The van der Waals surface area contributed by atoms with E-state index in [1.54, 1.807) is 11.8 Å². The van der Waals surface area contributed by atoms with Crippen molar-refractivity contribution in [3.05, 3.63) is 24.3 Å². The van der Waals surface area contributed by atoms with Gasteiger partial charge in [0.05, 0.1) is 12.3 Å². The molecule has 128 valence electrons. The molecule has 1 saturated carbocycles. The van der Waals surface area contributed by atoms with Gasteiger partial charge in [-0.15, -0.1) is 11.8 Å². The highest BCUT2D eigenvalue weighted by molar-refractivity contribution is 8.00. The van der Waals surface area contributed by atoms with Crippen LogP contribution in [-0.2, 0) is 0 Å². The number of nitrogens with zero attached hydrogens (tertiary/aromatic N) is 1. The van der Waals surface area contributed by atoms with E-state index in [1.807, 2.05) is 29.2 Å². The zero-order valence-electron chi connectivity index (χ0n) is 14.1. The molecule has 0 aromatic heterocycles. The second-order valence-corrected chi connectivity index (χ2v) is 7.92. The van der Waals surface area contributed by atoms with Crippen molar-refractivity contribution in [2.24, 2.45) is 0 Å². The van der Waals surface area contributed by atoms with Gasteiger partial charge in [0.25, 0.3) is 0 Å². The largest absolute Gasteiger partial charge is 0.395 e. The third kappa shape index (κ3) is 5.43. The van der Waals surface area contributed by atoms with E-state index in [2.05, 4.69) is 19.2 Å². The van der Waals surface area contributed by atoms with E-state index in [-0.39, 0.29) is 18.7 Å². The number of rotatable bonds is 6. The monoisotopic (exact) mass is 336 g/mol. The molecule has 2 N–H and O–H groups in total. The second kappa shape index (κ2) is 9.18. The fourth-order valence-corrected chi connectivity index (χ4v) is 3.98. The number of carbonyl (C=O) groups is 1. The van der Waals surface area contributed by atoms with Crippen molar-refractivity contribution in [2.45, 2.75) is 62.1 Å². The minimum atomic E-state index is -0.0947. The number of hydrogen-bond donors (Lipinski definition) is 2. The molecule has 5 heteroatoms. The lowest BCUT2D eigenvalue weighted by Crippen LogP contribution is -2.45. The average Bonchev–Trinajstić information content (AvgIpc) is 2.54. The van der Waals surface area contributed by atoms with E-state index in [0.717, 1.165) is 23.4 Å². The van der Waals surface area contributed by atoms with E-state index in [1.165, 1.54) is 19.3 Å². The summed E-state index contributed by atoms with van der Waals surface area (Å²) in [6.07, 6.45) is 5.66. The van der Waals surface area contributed by atoms with E-state index < -0.39 is 0 Å². The molecule has 1 fully saturated rings. The molecular weight excluding hydrogens is 308 g/mol. The molecule has 0 heterocycles. The molecule has 2 amide bonds. The molecule has 2 rings (SSSR count). The summed E-state index contributed by atoms with van der Waals surface area (Å²) in [5.41, 5.74) is 0.856. The van der Waals surface area contributed by atoms with Crippen LogP contribution in [0.4, 0.5) is 10.5 Å². The molecule has 1 aromatic rings. The van der Waals surface area contributed by atoms with Crippen molar-refractivity contribution < 1.29 is 9.90 Å². The number of para-hydroxylation sites is 1. The Hall–Kier alpha value is -1.20. The molecule has 0 saturated heterocycles. The normalized spacial score (nSPS) is 15.7. The predicted octanol–water partition coefficient (Wildman–Crippen LogP) is 4.35. The Balaban J connectivity index is 2.08. The zero-order valence-corrected chi connectivity index (χ0v) is 14.9. The number of amides is 2. The fourth-order valence-electron chi connectivity index (χ4n) is 3.06. The highest BCUT2D eigenvalue weighted by Crippen LogP contribution is 2.31. The molecule has 23 heavy (non-hydrogen) atoms. The van der Waals surface area contributed by atoms with Gasteiger partial charge >= 0.3 is 6.03 Å². The van der Waals surface area contributed by atoms with Gasteiger partial charge in [0, 0.05) is 22.7 Å². The number of nitrogens with one attached hydrogen (secondary N) is 1. The first-order valence-electron chi connectivity index (χ1n) is 8.56. The highest BCUT2D eigenvalue weighted by Gasteiger charge is 2.25. The molecule has 0 aliphatic heterocycles. The molecule has 0 radical (unpaired) electrons. The number of urea groups is 1. The Bertz CT molecular complexity index is 502. The standard InChI is InChI=1S/C18H28N2O2S/c1-14(2)23-17-11-7-6-10-16(17)19-18(22)20(12-13-21)15-8-4-3-5-9-15/h6-7,10-11,14-15,21H,3-5,8-9,12-13H2,1-2H3,(H,19,22). The number of thioether (sulfide) groups is 1.